The summed E-state index contributed by atoms with van der Waals surface area (Å²) in [6.07, 6.45) is 0.636. The first kappa shape index (κ1) is 23.2. The van der Waals surface area contributed by atoms with Crippen LogP contribution in [0.2, 0.25) is 5.02 Å². The van der Waals surface area contributed by atoms with E-state index in [1.54, 1.807) is 23.1 Å². The molecule has 0 spiro atoms. The number of halogens is 1. The molecule has 2 aliphatic rings. The third-order valence-corrected chi connectivity index (χ3v) is 7.76. The summed E-state index contributed by atoms with van der Waals surface area (Å²) in [4.78, 5) is 16.1. The molecular formula is C23H28ClN3O4S. The van der Waals surface area contributed by atoms with E-state index in [4.69, 9.17) is 16.3 Å². The van der Waals surface area contributed by atoms with E-state index in [1.165, 1.54) is 6.92 Å². The van der Waals surface area contributed by atoms with Crippen LogP contribution in [0.4, 0.5) is 5.69 Å². The van der Waals surface area contributed by atoms with Gasteiger partial charge in [0.25, 0.3) is 0 Å². The smallest absolute Gasteiger partial charge is 0.240 e. The summed E-state index contributed by atoms with van der Waals surface area (Å²) < 4.78 is 34.6. The molecule has 1 amide bonds. The van der Waals surface area contributed by atoms with E-state index < -0.39 is 10.0 Å². The number of carbonyl (C=O) groups is 1. The predicted molar refractivity (Wildman–Crippen MR) is 125 cm³/mol. The summed E-state index contributed by atoms with van der Waals surface area (Å²) in [7, 11) is -3.73. The van der Waals surface area contributed by atoms with Gasteiger partial charge in [-0.2, -0.15) is 0 Å². The van der Waals surface area contributed by atoms with E-state index in [0.717, 1.165) is 29.9 Å². The third kappa shape index (κ3) is 4.84. The Hall–Kier alpha value is -1.97. The molecule has 0 aliphatic carbocycles. The van der Waals surface area contributed by atoms with Gasteiger partial charge in [-0.25, -0.2) is 13.1 Å². The van der Waals surface area contributed by atoms with Crippen LogP contribution in [0.15, 0.2) is 47.4 Å². The van der Waals surface area contributed by atoms with Crippen molar-refractivity contribution in [3.63, 3.8) is 0 Å². The zero-order chi connectivity index (χ0) is 22.9. The lowest BCUT2D eigenvalue weighted by atomic mass is 10.1. The number of hydrogen-bond acceptors (Lipinski definition) is 5. The quantitative estimate of drug-likeness (QED) is 0.692. The number of morpholine rings is 1. The molecule has 0 radical (unpaired) electrons. The van der Waals surface area contributed by atoms with Crippen molar-refractivity contribution in [1.82, 2.24) is 9.62 Å². The molecule has 7 nitrogen and oxygen atoms in total. The largest absolute Gasteiger partial charge is 0.379 e. The summed E-state index contributed by atoms with van der Waals surface area (Å²) >= 11 is 6.20. The standard InChI is InChI=1S/C23H28ClN3O4S/c1-16-12-19-14-21(6-7-22(19)27(16)17(2)28)32(29,30)25-15-23(26-8-10-31-11-9-26)18-4-3-5-20(24)13-18/h3-7,13-14,16,23,25H,8-12,15H2,1-2H3/t16-,23-/m1/s1. The minimum absolute atomic E-state index is 0.0157. The highest BCUT2D eigenvalue weighted by molar-refractivity contribution is 7.89. The monoisotopic (exact) mass is 477 g/mol. The van der Waals surface area contributed by atoms with E-state index in [2.05, 4.69) is 9.62 Å². The van der Waals surface area contributed by atoms with Crippen molar-refractivity contribution < 1.29 is 17.9 Å². The van der Waals surface area contributed by atoms with Crippen LogP contribution in [0, 0.1) is 0 Å². The van der Waals surface area contributed by atoms with E-state index in [0.29, 0.717) is 24.7 Å². The first-order chi connectivity index (χ1) is 15.3. The maximum atomic E-state index is 13.2. The van der Waals surface area contributed by atoms with Crippen LogP contribution in [0.1, 0.15) is 31.0 Å². The Labute approximate surface area is 194 Å². The molecule has 9 heteroatoms. The second-order valence-corrected chi connectivity index (χ2v) is 10.5. The van der Waals surface area contributed by atoms with Crippen molar-refractivity contribution in [2.75, 3.05) is 37.7 Å². The molecule has 1 fully saturated rings. The van der Waals surface area contributed by atoms with Gasteiger partial charge >= 0.3 is 0 Å². The van der Waals surface area contributed by atoms with Crippen LogP contribution >= 0.6 is 11.6 Å². The van der Waals surface area contributed by atoms with E-state index >= 15 is 0 Å². The number of nitrogens with one attached hydrogen (secondary N) is 1. The molecule has 0 unspecified atom stereocenters. The first-order valence-electron chi connectivity index (χ1n) is 10.8. The average molecular weight is 478 g/mol. The van der Waals surface area contributed by atoms with Gasteiger partial charge in [-0.1, -0.05) is 23.7 Å². The van der Waals surface area contributed by atoms with Crippen LogP contribution in [0.3, 0.4) is 0 Å². The molecule has 1 N–H and O–H groups in total. The van der Waals surface area contributed by atoms with Crippen molar-refractivity contribution >= 4 is 33.2 Å². The van der Waals surface area contributed by atoms with E-state index in [1.807, 2.05) is 31.2 Å². The Morgan fingerprint density at radius 3 is 2.66 bits per heavy atom. The molecule has 0 saturated carbocycles. The van der Waals surface area contributed by atoms with Gasteiger partial charge in [-0.05, 0) is 54.8 Å². The number of fused-ring (bicyclic) bond motifs is 1. The molecule has 2 heterocycles. The Kier molecular flexibility index (Phi) is 6.88. The molecule has 0 aromatic heterocycles. The normalized spacial score (nSPS) is 20.2. The molecule has 2 aromatic carbocycles. The third-order valence-electron chi connectivity index (χ3n) is 6.10. The summed E-state index contributed by atoms with van der Waals surface area (Å²) in [5.41, 5.74) is 2.62. The van der Waals surface area contributed by atoms with Gasteiger partial charge in [0.15, 0.2) is 0 Å². The van der Waals surface area contributed by atoms with Crippen LogP contribution < -0.4 is 9.62 Å². The molecule has 32 heavy (non-hydrogen) atoms. The Morgan fingerprint density at radius 1 is 1.22 bits per heavy atom. The fourth-order valence-corrected chi connectivity index (χ4v) is 5.87. The maximum absolute atomic E-state index is 13.2. The molecule has 2 aromatic rings. The molecule has 2 aliphatic heterocycles. The highest BCUT2D eigenvalue weighted by Crippen LogP contribution is 2.34. The maximum Gasteiger partial charge on any atom is 0.240 e. The molecule has 0 bridgehead atoms. The molecule has 172 valence electrons. The molecule has 1 saturated heterocycles. The minimum atomic E-state index is -3.73. The van der Waals surface area contributed by atoms with Gasteiger partial charge < -0.3 is 9.64 Å². The van der Waals surface area contributed by atoms with E-state index in [9.17, 15) is 13.2 Å². The van der Waals surface area contributed by atoms with Gasteiger partial charge in [0.2, 0.25) is 15.9 Å². The van der Waals surface area contributed by atoms with E-state index in [-0.39, 0.29) is 29.4 Å². The van der Waals surface area contributed by atoms with Gasteiger partial charge in [-0.3, -0.25) is 9.69 Å². The van der Waals surface area contributed by atoms with Gasteiger partial charge in [0.05, 0.1) is 18.1 Å². The van der Waals surface area contributed by atoms with Gasteiger partial charge in [-0.15, -0.1) is 0 Å². The second kappa shape index (κ2) is 9.49. The minimum Gasteiger partial charge on any atom is -0.379 e. The highest BCUT2D eigenvalue weighted by atomic mass is 35.5. The lowest BCUT2D eigenvalue weighted by Crippen LogP contribution is -2.43. The summed E-state index contributed by atoms with van der Waals surface area (Å²) in [6, 6.07) is 12.4. The van der Waals surface area contributed by atoms with Crippen LogP contribution in [0.25, 0.3) is 0 Å². The number of nitrogens with zero attached hydrogens (tertiary/aromatic N) is 2. The van der Waals surface area contributed by atoms with Crippen molar-refractivity contribution in [3.8, 4) is 0 Å². The molecular weight excluding hydrogens is 450 g/mol. The van der Waals surface area contributed by atoms with Gasteiger partial charge in [0, 0.05) is 49.4 Å². The first-order valence-corrected chi connectivity index (χ1v) is 12.6. The fraction of sp³-hybridized carbons (Fsp3) is 0.435. The van der Waals surface area contributed by atoms with Crippen molar-refractivity contribution in [2.24, 2.45) is 0 Å². The number of sulfonamides is 1. The highest BCUT2D eigenvalue weighted by Gasteiger charge is 2.31. The summed E-state index contributed by atoms with van der Waals surface area (Å²) in [6.45, 7) is 6.37. The Balaban J connectivity index is 1.55. The number of anilines is 1. The fourth-order valence-electron chi connectivity index (χ4n) is 4.59. The zero-order valence-electron chi connectivity index (χ0n) is 18.3. The van der Waals surface area contributed by atoms with Gasteiger partial charge in [0.1, 0.15) is 0 Å². The zero-order valence-corrected chi connectivity index (χ0v) is 19.8. The summed E-state index contributed by atoms with van der Waals surface area (Å²) in [5.74, 6) is -0.0418. The SMILES string of the molecule is CC(=O)N1c2ccc(S(=O)(=O)NC[C@H](c3cccc(Cl)c3)N3CCOCC3)cc2C[C@H]1C. The lowest BCUT2D eigenvalue weighted by molar-refractivity contribution is -0.116. The topological polar surface area (TPSA) is 79.0 Å². The van der Waals surface area contributed by atoms with Crippen LogP contribution in [-0.2, 0) is 26.0 Å². The summed E-state index contributed by atoms with van der Waals surface area (Å²) in [5, 5.41) is 0.617. The number of amides is 1. The number of carbonyl (C=O) groups excluding carboxylic acids is 1. The van der Waals surface area contributed by atoms with Crippen LogP contribution in [0.5, 0.6) is 0 Å². The Bertz CT molecular complexity index is 1100. The van der Waals surface area contributed by atoms with Crippen molar-refractivity contribution in [2.45, 2.75) is 37.2 Å². The Morgan fingerprint density at radius 2 is 1.97 bits per heavy atom. The lowest BCUT2D eigenvalue weighted by Gasteiger charge is -2.35. The number of rotatable bonds is 6. The predicted octanol–water partition coefficient (Wildman–Crippen LogP) is 2.99. The number of hydrogen-bond donors (Lipinski definition) is 1. The van der Waals surface area contributed by atoms with Crippen LogP contribution in [-0.4, -0.2) is 58.1 Å². The molecule has 2 atom stereocenters. The molecule has 4 rings (SSSR count). The number of benzene rings is 2. The number of ether oxygens (including phenoxy) is 1. The van der Waals surface area contributed by atoms with Crippen molar-refractivity contribution in [1.29, 1.82) is 0 Å². The van der Waals surface area contributed by atoms with Crippen molar-refractivity contribution in [3.05, 3.63) is 58.6 Å². The second-order valence-electron chi connectivity index (χ2n) is 8.30. The average Bonchev–Trinajstić information content (AvgIpc) is 3.10.